The van der Waals surface area contributed by atoms with Crippen LogP contribution in [0.15, 0.2) is 151 Å². The molecule has 1 amide bonds. The molecule has 5 aromatic carbocycles. The van der Waals surface area contributed by atoms with Crippen molar-refractivity contribution in [2.24, 2.45) is 5.92 Å². The van der Waals surface area contributed by atoms with Gasteiger partial charge in [-0.3, -0.25) is 24.5 Å². The lowest BCUT2D eigenvalue weighted by atomic mass is 9.85. The number of carbonyl (C=O) groups is 2. The van der Waals surface area contributed by atoms with E-state index in [0.717, 1.165) is 38.0 Å². The molecule has 2 atom stereocenters. The number of aliphatic hydroxyl groups excluding tert-OH is 1. The molecule has 1 aliphatic heterocycles. The Morgan fingerprint density at radius 3 is 2.28 bits per heavy atom. The number of amides is 1. The average molecular weight is 859 g/mol. The van der Waals surface area contributed by atoms with Gasteiger partial charge in [-0.2, -0.15) is 0 Å². The van der Waals surface area contributed by atoms with Gasteiger partial charge < -0.3 is 35.7 Å². The molecular weight excluding hydrogens is 809 g/mol. The van der Waals surface area contributed by atoms with Gasteiger partial charge in [-0.1, -0.05) is 97.1 Å². The number of rotatable bonds is 16. The highest BCUT2D eigenvalue weighted by Crippen LogP contribution is 2.34. The van der Waals surface area contributed by atoms with Gasteiger partial charge in [0.1, 0.15) is 5.75 Å². The number of piperidine rings is 1. The SMILES string of the molecule is O=C(NCc1cnc(-c2cccc([C@](O)(C(=O)OCC3CCN(Cc4ccccc4)CC3)c3ccccc3)c2)cn1)c1ccc(CNC[C@H](O)c2ccc(O)c3[nH]c(=O)ccc23)cc1. The van der Waals surface area contributed by atoms with Crippen molar-refractivity contribution in [1.82, 2.24) is 30.5 Å². The number of ether oxygens (including phenoxy) is 1. The lowest BCUT2D eigenvalue weighted by Gasteiger charge is -2.33. The molecular formula is C51H50N6O7. The summed E-state index contributed by atoms with van der Waals surface area (Å²) in [5, 5.41) is 39.9. The second-order valence-corrected chi connectivity index (χ2v) is 16.2. The molecule has 13 heteroatoms. The number of hydrogen-bond donors (Lipinski definition) is 6. The molecule has 6 N–H and O–H groups in total. The second-order valence-electron chi connectivity index (χ2n) is 16.2. The van der Waals surface area contributed by atoms with Crippen molar-refractivity contribution >= 4 is 22.8 Å². The Kier molecular flexibility index (Phi) is 13.6. The van der Waals surface area contributed by atoms with Gasteiger partial charge in [-0.05, 0) is 84.4 Å². The van der Waals surface area contributed by atoms with E-state index in [-0.39, 0.29) is 48.3 Å². The third-order valence-electron chi connectivity index (χ3n) is 11.8. The number of aliphatic hydroxyl groups is 2. The highest BCUT2D eigenvalue weighted by Gasteiger charge is 2.42. The largest absolute Gasteiger partial charge is 0.506 e. The van der Waals surface area contributed by atoms with Crippen molar-refractivity contribution in [3.63, 3.8) is 0 Å². The van der Waals surface area contributed by atoms with Gasteiger partial charge in [0.15, 0.2) is 0 Å². The van der Waals surface area contributed by atoms with E-state index in [1.807, 2.05) is 30.3 Å². The maximum atomic E-state index is 13.9. The first-order valence-corrected chi connectivity index (χ1v) is 21.4. The smallest absolute Gasteiger partial charge is 0.347 e. The highest BCUT2D eigenvalue weighted by molar-refractivity contribution is 5.94. The summed E-state index contributed by atoms with van der Waals surface area (Å²) < 4.78 is 5.91. The fraction of sp³-hybridized carbons (Fsp3) is 0.235. The van der Waals surface area contributed by atoms with E-state index in [1.165, 1.54) is 17.7 Å². The molecule has 0 saturated carbocycles. The summed E-state index contributed by atoms with van der Waals surface area (Å²) in [6.45, 7) is 3.72. The summed E-state index contributed by atoms with van der Waals surface area (Å²) in [7, 11) is 0. The number of hydrogen-bond acceptors (Lipinski definition) is 11. The molecule has 2 aromatic heterocycles. The zero-order valence-electron chi connectivity index (χ0n) is 35.2. The Balaban J connectivity index is 0.841. The van der Waals surface area contributed by atoms with Crippen molar-refractivity contribution < 1.29 is 29.6 Å². The van der Waals surface area contributed by atoms with Gasteiger partial charge in [-0.25, -0.2) is 4.79 Å². The number of carbonyl (C=O) groups excluding carboxylic acids is 2. The fourth-order valence-corrected chi connectivity index (χ4v) is 8.09. The summed E-state index contributed by atoms with van der Waals surface area (Å²) in [6.07, 6.45) is 4.06. The number of fused-ring (bicyclic) bond motifs is 1. The summed E-state index contributed by atoms with van der Waals surface area (Å²) >= 11 is 0. The zero-order chi connectivity index (χ0) is 44.5. The van der Waals surface area contributed by atoms with Crippen LogP contribution in [0, 0.1) is 5.92 Å². The Bertz CT molecular complexity index is 2740. The number of phenols is 1. The first-order chi connectivity index (χ1) is 31.1. The maximum Gasteiger partial charge on any atom is 0.347 e. The lowest BCUT2D eigenvalue weighted by molar-refractivity contribution is -0.164. The second kappa shape index (κ2) is 20.0. The molecule has 0 unspecified atom stereocenters. The molecule has 1 saturated heterocycles. The van der Waals surface area contributed by atoms with Crippen LogP contribution in [0.1, 0.15) is 62.8 Å². The molecule has 13 nitrogen and oxygen atoms in total. The third-order valence-corrected chi connectivity index (χ3v) is 11.8. The topological polar surface area (TPSA) is 190 Å². The van der Waals surface area contributed by atoms with Crippen LogP contribution in [0.5, 0.6) is 5.75 Å². The van der Waals surface area contributed by atoms with Gasteiger partial charge in [-0.15, -0.1) is 0 Å². The number of likely N-dealkylation sites (tertiary alicyclic amines) is 1. The number of H-pyrrole nitrogens is 1. The average Bonchev–Trinajstić information content (AvgIpc) is 3.34. The van der Waals surface area contributed by atoms with Crippen LogP contribution in [0.25, 0.3) is 22.2 Å². The fourth-order valence-electron chi connectivity index (χ4n) is 8.09. The predicted molar refractivity (Wildman–Crippen MR) is 243 cm³/mol. The van der Waals surface area contributed by atoms with Crippen molar-refractivity contribution in [3.05, 3.63) is 195 Å². The molecule has 0 radical (unpaired) electrons. The number of aromatic hydroxyl groups is 1. The predicted octanol–water partition coefficient (Wildman–Crippen LogP) is 6.14. The number of phenolic OH excluding ortho intramolecular Hbond substituents is 1. The number of benzene rings is 5. The zero-order valence-corrected chi connectivity index (χ0v) is 35.2. The highest BCUT2D eigenvalue weighted by atomic mass is 16.5. The van der Waals surface area contributed by atoms with E-state index in [2.05, 4.69) is 54.8 Å². The van der Waals surface area contributed by atoms with Crippen LogP contribution < -0.4 is 16.2 Å². The first kappa shape index (κ1) is 43.6. The van der Waals surface area contributed by atoms with Crippen molar-refractivity contribution in [2.75, 3.05) is 26.2 Å². The first-order valence-electron chi connectivity index (χ1n) is 21.4. The van der Waals surface area contributed by atoms with Crippen LogP contribution in [0.3, 0.4) is 0 Å². The van der Waals surface area contributed by atoms with E-state index in [1.54, 1.807) is 79.1 Å². The van der Waals surface area contributed by atoms with Crippen LogP contribution in [-0.2, 0) is 34.8 Å². The van der Waals surface area contributed by atoms with E-state index >= 15 is 0 Å². The van der Waals surface area contributed by atoms with Crippen molar-refractivity contribution in [1.29, 1.82) is 0 Å². The molecule has 7 aromatic rings. The Hall–Kier alpha value is -7.03. The normalized spacial score (nSPS) is 14.7. The quantitative estimate of drug-likeness (QED) is 0.0613. The summed E-state index contributed by atoms with van der Waals surface area (Å²) in [5.74, 6) is -0.896. The minimum Gasteiger partial charge on any atom is -0.506 e. The Morgan fingerprint density at radius 1 is 0.812 bits per heavy atom. The van der Waals surface area contributed by atoms with Crippen LogP contribution in [0.4, 0.5) is 0 Å². The van der Waals surface area contributed by atoms with Gasteiger partial charge >= 0.3 is 5.97 Å². The molecule has 0 spiro atoms. The molecule has 0 bridgehead atoms. The van der Waals surface area contributed by atoms with E-state index in [9.17, 15) is 29.7 Å². The van der Waals surface area contributed by atoms with Crippen molar-refractivity contribution in [3.8, 4) is 17.0 Å². The molecule has 8 rings (SSSR count). The molecule has 0 aliphatic carbocycles. The summed E-state index contributed by atoms with van der Waals surface area (Å²) in [6, 6.07) is 39.3. The number of aromatic amines is 1. The third kappa shape index (κ3) is 10.3. The van der Waals surface area contributed by atoms with Gasteiger partial charge in [0, 0.05) is 47.8 Å². The number of nitrogens with zero attached hydrogens (tertiary/aromatic N) is 3. The molecule has 1 fully saturated rings. The maximum absolute atomic E-state index is 13.9. The van der Waals surface area contributed by atoms with Crippen molar-refractivity contribution in [2.45, 2.75) is 44.2 Å². The monoisotopic (exact) mass is 858 g/mol. The number of aromatic nitrogens is 3. The minimum absolute atomic E-state index is 0.0714. The molecule has 1 aliphatic rings. The molecule has 3 heterocycles. The molecule has 64 heavy (non-hydrogen) atoms. The molecule has 326 valence electrons. The van der Waals surface area contributed by atoms with Crippen LogP contribution in [-0.4, -0.2) is 73.3 Å². The van der Waals surface area contributed by atoms with E-state index in [4.69, 9.17) is 4.74 Å². The van der Waals surface area contributed by atoms with Crippen LogP contribution in [0.2, 0.25) is 0 Å². The minimum atomic E-state index is -2.06. The standard InChI is InChI=1S/C51H50N6O7/c58-45-20-18-42(43-19-21-47(60)56-48(43)45)46(59)31-52-27-34-14-16-37(17-15-34)49(61)55-29-41-28-54-44(30-53-41)38-10-7-13-40(26-38)51(63,39-11-5-2-6-12-39)50(62)64-33-36-22-24-57(25-23-36)32-35-8-3-1-4-9-35/h1-21,26,28,30,36,46,52,58-59,63H,22-25,27,29,31-33H2,(H,55,61)(H,56,60)/t46-,51-/m0/s1. The Labute approximate surface area is 370 Å². The summed E-state index contributed by atoms with van der Waals surface area (Å²) in [5.41, 5.74) is 3.52. The van der Waals surface area contributed by atoms with E-state index < -0.39 is 17.7 Å². The number of esters is 1. The summed E-state index contributed by atoms with van der Waals surface area (Å²) in [4.78, 5) is 52.9. The number of pyridine rings is 1. The van der Waals surface area contributed by atoms with Gasteiger partial charge in [0.2, 0.25) is 11.2 Å². The lowest BCUT2D eigenvalue weighted by Crippen LogP contribution is -2.40. The van der Waals surface area contributed by atoms with Gasteiger partial charge in [0.25, 0.3) is 5.91 Å². The van der Waals surface area contributed by atoms with Gasteiger partial charge in [0.05, 0.1) is 48.6 Å². The van der Waals surface area contributed by atoms with E-state index in [0.29, 0.717) is 51.1 Å². The number of nitrogens with one attached hydrogen (secondary N) is 3. The Morgan fingerprint density at radius 2 is 1.55 bits per heavy atom. The van der Waals surface area contributed by atoms with Crippen LogP contribution >= 0.6 is 0 Å².